The lowest BCUT2D eigenvalue weighted by molar-refractivity contribution is 0.318. The predicted molar refractivity (Wildman–Crippen MR) is 93.2 cm³/mol. The van der Waals surface area contributed by atoms with E-state index in [0.717, 1.165) is 30.6 Å². The Kier molecular flexibility index (Phi) is 6.38. The van der Waals surface area contributed by atoms with Gasteiger partial charge in [0.25, 0.3) is 0 Å². The van der Waals surface area contributed by atoms with Crippen molar-refractivity contribution in [3.05, 3.63) is 28.8 Å². The zero-order valence-electron chi connectivity index (χ0n) is 13.7. The average Bonchev–Trinajstić information content (AvgIpc) is 2.40. The molecule has 0 atom stereocenters. The maximum absolute atomic E-state index is 6.46. The fourth-order valence-electron chi connectivity index (χ4n) is 2.89. The van der Waals surface area contributed by atoms with E-state index in [4.69, 9.17) is 11.6 Å². The Balaban J connectivity index is 2.10. The van der Waals surface area contributed by atoms with Crippen LogP contribution in [0.5, 0.6) is 0 Å². The first-order valence-corrected chi connectivity index (χ1v) is 8.72. The largest absolute Gasteiger partial charge is 0.371 e. The lowest BCUT2D eigenvalue weighted by Crippen LogP contribution is -2.33. The number of nitrogens with one attached hydrogen (secondary N) is 1. The van der Waals surface area contributed by atoms with Crippen LogP contribution < -0.4 is 10.2 Å². The Morgan fingerprint density at radius 3 is 2.67 bits per heavy atom. The van der Waals surface area contributed by atoms with Crippen molar-refractivity contribution in [1.29, 1.82) is 0 Å². The van der Waals surface area contributed by atoms with E-state index in [1.807, 2.05) is 6.07 Å². The smallest absolute Gasteiger partial charge is 0.0471 e. The molecule has 0 heterocycles. The van der Waals surface area contributed by atoms with Crippen molar-refractivity contribution < 1.29 is 0 Å². The third-order valence-electron chi connectivity index (χ3n) is 4.37. The van der Waals surface area contributed by atoms with Crippen molar-refractivity contribution in [2.75, 3.05) is 24.5 Å². The maximum Gasteiger partial charge on any atom is 0.0471 e. The van der Waals surface area contributed by atoms with E-state index < -0.39 is 0 Å². The molecule has 3 heteroatoms. The van der Waals surface area contributed by atoms with Gasteiger partial charge in [0.2, 0.25) is 0 Å². The number of hydrogen-bond donors (Lipinski definition) is 1. The highest BCUT2D eigenvalue weighted by atomic mass is 35.5. The molecule has 1 aromatic carbocycles. The minimum Gasteiger partial charge on any atom is -0.371 e. The summed E-state index contributed by atoms with van der Waals surface area (Å²) < 4.78 is 0. The molecule has 0 spiro atoms. The molecule has 2 nitrogen and oxygen atoms in total. The van der Waals surface area contributed by atoms with Crippen LogP contribution >= 0.6 is 11.6 Å². The van der Waals surface area contributed by atoms with Crippen LogP contribution in [0.1, 0.15) is 45.6 Å². The van der Waals surface area contributed by atoms with Crippen molar-refractivity contribution in [3.8, 4) is 0 Å². The van der Waals surface area contributed by atoms with Gasteiger partial charge >= 0.3 is 0 Å². The van der Waals surface area contributed by atoms with Crippen molar-refractivity contribution >= 4 is 17.3 Å². The molecule has 1 saturated carbocycles. The lowest BCUT2D eigenvalue weighted by atomic mass is 9.85. The number of rotatable bonds is 8. The summed E-state index contributed by atoms with van der Waals surface area (Å²) in [5.41, 5.74) is 2.56. The first kappa shape index (κ1) is 16.6. The van der Waals surface area contributed by atoms with E-state index in [9.17, 15) is 0 Å². The fraction of sp³-hybridized carbons (Fsp3) is 0.667. The van der Waals surface area contributed by atoms with Crippen molar-refractivity contribution in [1.82, 2.24) is 5.32 Å². The van der Waals surface area contributed by atoms with E-state index in [1.165, 1.54) is 37.1 Å². The molecule has 1 aliphatic rings. The molecule has 0 bridgehead atoms. The highest BCUT2D eigenvalue weighted by Gasteiger charge is 2.22. The minimum atomic E-state index is 0.660. The van der Waals surface area contributed by atoms with Crippen LogP contribution in [-0.2, 0) is 6.54 Å². The van der Waals surface area contributed by atoms with Gasteiger partial charge in [-0.1, -0.05) is 37.9 Å². The summed E-state index contributed by atoms with van der Waals surface area (Å²) in [4.78, 5) is 2.50. The van der Waals surface area contributed by atoms with Gasteiger partial charge in [-0.2, -0.15) is 0 Å². The molecule has 0 saturated heterocycles. The second-order valence-corrected chi connectivity index (χ2v) is 7.01. The molecule has 0 amide bonds. The SMILES string of the molecule is CCN(CC1CCC1)c1cccc(Cl)c1CNCC(C)C. The van der Waals surface area contributed by atoms with Crippen LogP contribution in [0, 0.1) is 11.8 Å². The first-order chi connectivity index (χ1) is 10.1. The second kappa shape index (κ2) is 8.05. The summed E-state index contributed by atoms with van der Waals surface area (Å²) in [7, 11) is 0. The number of anilines is 1. The quantitative estimate of drug-likeness (QED) is 0.748. The summed E-state index contributed by atoms with van der Waals surface area (Å²) in [6.45, 7) is 10.8. The molecular formula is C18H29ClN2. The summed E-state index contributed by atoms with van der Waals surface area (Å²) in [5.74, 6) is 1.54. The molecule has 0 aromatic heterocycles. The Morgan fingerprint density at radius 2 is 2.10 bits per heavy atom. The zero-order valence-corrected chi connectivity index (χ0v) is 14.4. The van der Waals surface area contributed by atoms with Gasteiger partial charge in [0, 0.05) is 35.9 Å². The van der Waals surface area contributed by atoms with Gasteiger partial charge in [0.05, 0.1) is 0 Å². The summed E-state index contributed by atoms with van der Waals surface area (Å²) in [6, 6.07) is 6.31. The molecule has 1 aromatic rings. The molecule has 0 radical (unpaired) electrons. The van der Waals surface area contributed by atoms with Gasteiger partial charge in [-0.3, -0.25) is 0 Å². The fourth-order valence-corrected chi connectivity index (χ4v) is 3.13. The van der Waals surface area contributed by atoms with Crippen LogP contribution in [0.25, 0.3) is 0 Å². The van der Waals surface area contributed by atoms with Gasteiger partial charge in [-0.15, -0.1) is 0 Å². The Bertz CT molecular complexity index is 441. The lowest BCUT2D eigenvalue weighted by Gasteiger charge is -2.34. The van der Waals surface area contributed by atoms with E-state index in [-0.39, 0.29) is 0 Å². The van der Waals surface area contributed by atoms with Crippen LogP contribution in [-0.4, -0.2) is 19.6 Å². The van der Waals surface area contributed by atoms with E-state index in [1.54, 1.807) is 0 Å². The molecule has 21 heavy (non-hydrogen) atoms. The third-order valence-corrected chi connectivity index (χ3v) is 4.73. The number of nitrogens with zero attached hydrogens (tertiary/aromatic N) is 1. The Hall–Kier alpha value is -0.730. The topological polar surface area (TPSA) is 15.3 Å². The molecular weight excluding hydrogens is 280 g/mol. The van der Waals surface area contributed by atoms with Gasteiger partial charge in [0.1, 0.15) is 0 Å². The highest BCUT2D eigenvalue weighted by molar-refractivity contribution is 6.31. The molecule has 118 valence electrons. The van der Waals surface area contributed by atoms with E-state index in [0.29, 0.717) is 5.92 Å². The molecule has 0 aliphatic heterocycles. The van der Waals surface area contributed by atoms with E-state index in [2.05, 4.69) is 43.1 Å². The third kappa shape index (κ3) is 4.62. The van der Waals surface area contributed by atoms with Gasteiger partial charge < -0.3 is 10.2 Å². The van der Waals surface area contributed by atoms with Gasteiger partial charge in [0.15, 0.2) is 0 Å². The normalized spacial score (nSPS) is 15.3. The standard InChI is InChI=1S/C18H29ClN2/c1-4-21(13-15-7-5-8-15)18-10-6-9-17(19)16(18)12-20-11-14(2)3/h6,9-10,14-15,20H,4-5,7-8,11-13H2,1-3H3. The highest BCUT2D eigenvalue weighted by Crippen LogP contribution is 2.32. The van der Waals surface area contributed by atoms with Crippen LogP contribution in [0.15, 0.2) is 18.2 Å². The zero-order chi connectivity index (χ0) is 15.2. The molecule has 1 aliphatic carbocycles. The van der Waals surface area contributed by atoms with Crippen LogP contribution in [0.2, 0.25) is 5.02 Å². The molecule has 1 N–H and O–H groups in total. The molecule has 2 rings (SSSR count). The molecule has 1 fully saturated rings. The Morgan fingerprint density at radius 1 is 1.33 bits per heavy atom. The van der Waals surface area contributed by atoms with E-state index >= 15 is 0 Å². The number of hydrogen-bond acceptors (Lipinski definition) is 2. The summed E-state index contributed by atoms with van der Waals surface area (Å²) in [6.07, 6.45) is 4.18. The second-order valence-electron chi connectivity index (χ2n) is 6.60. The maximum atomic E-state index is 6.46. The molecule has 0 unspecified atom stereocenters. The summed E-state index contributed by atoms with van der Waals surface area (Å²) >= 11 is 6.46. The van der Waals surface area contributed by atoms with Crippen LogP contribution in [0.3, 0.4) is 0 Å². The van der Waals surface area contributed by atoms with Crippen molar-refractivity contribution in [3.63, 3.8) is 0 Å². The van der Waals surface area contributed by atoms with Crippen molar-refractivity contribution in [2.24, 2.45) is 11.8 Å². The van der Waals surface area contributed by atoms with Crippen molar-refractivity contribution in [2.45, 2.75) is 46.6 Å². The first-order valence-electron chi connectivity index (χ1n) is 8.34. The Labute approximate surface area is 134 Å². The average molecular weight is 309 g/mol. The minimum absolute atomic E-state index is 0.660. The van der Waals surface area contributed by atoms with Gasteiger partial charge in [-0.25, -0.2) is 0 Å². The van der Waals surface area contributed by atoms with Crippen LogP contribution in [0.4, 0.5) is 5.69 Å². The summed E-state index contributed by atoms with van der Waals surface area (Å²) in [5, 5.41) is 4.42. The predicted octanol–water partition coefficient (Wildman–Crippen LogP) is 4.71. The monoisotopic (exact) mass is 308 g/mol. The number of benzene rings is 1. The van der Waals surface area contributed by atoms with Gasteiger partial charge in [-0.05, 0) is 50.3 Å². The number of halogens is 1.